The van der Waals surface area contributed by atoms with Crippen LogP contribution in [0, 0.1) is 0 Å². The lowest BCUT2D eigenvalue weighted by Crippen LogP contribution is -2.09. The van der Waals surface area contributed by atoms with Crippen molar-refractivity contribution in [2.75, 3.05) is 10.2 Å². The summed E-state index contributed by atoms with van der Waals surface area (Å²) in [4.78, 5) is 2.31. The van der Waals surface area contributed by atoms with Crippen LogP contribution in [0.3, 0.4) is 0 Å². The van der Waals surface area contributed by atoms with Gasteiger partial charge in [0.05, 0.1) is 0 Å². The molecule has 5 heteroatoms. The molecule has 0 saturated heterocycles. The van der Waals surface area contributed by atoms with Crippen LogP contribution in [0.25, 0.3) is 111 Å². The number of fused-ring (bicyclic) bond motifs is 4. The van der Waals surface area contributed by atoms with Crippen LogP contribution in [0.2, 0.25) is 0 Å². The van der Waals surface area contributed by atoms with Crippen molar-refractivity contribution in [2.45, 2.75) is 0 Å². The summed E-state index contributed by atoms with van der Waals surface area (Å²) in [6.45, 7) is 0. The molecule has 0 radical (unpaired) electrons. The molecule has 0 fully saturated rings. The quantitative estimate of drug-likeness (QED) is 0.140. The normalized spacial score (nSPS) is 11.3. The molecule has 460 valence electrons. The molecule has 0 aliphatic carbocycles. The van der Waals surface area contributed by atoms with Crippen LogP contribution in [0.1, 0.15) is 0 Å². The standard InChI is InChI=1S/C46H31NO.C28H17BrO.C18H15N/c1-3-9-32(10-4-1)34-21-26-40(27-22-34)47(39-13-5-2-6-14-39)41-28-23-35(24-29-41)33-17-19-36(20-18-33)38-25-30-44-43(31-38)42-15-7-11-37-12-8-16-45(48-44)46(37)42;29-23-14-11-19(12-15-23)18-7-9-20(10-8-18)22-13-16-26-25(17-22)24-5-1-3-21-4-2-6-27(30-26)28(21)24;1-3-7-15(8-4-1)16-11-13-18(14-12-16)19-17-9-5-2-6-10-17/h1-31H;1-17H;1-14,19H. The van der Waals surface area contributed by atoms with Gasteiger partial charge in [0.25, 0.3) is 0 Å². The first-order valence-electron chi connectivity index (χ1n) is 32.7. The lowest BCUT2D eigenvalue weighted by molar-refractivity contribution is 0.487. The Kier molecular flexibility index (Phi) is 16.6. The maximum Gasteiger partial charge on any atom is 0.135 e. The topological polar surface area (TPSA) is 33.7 Å². The molecule has 0 saturated carbocycles. The van der Waals surface area contributed by atoms with E-state index < -0.39 is 0 Å². The van der Waals surface area contributed by atoms with Gasteiger partial charge in [0, 0.05) is 54.8 Å². The molecule has 1 N–H and O–H groups in total. The Morgan fingerprint density at radius 1 is 0.216 bits per heavy atom. The summed E-state index contributed by atoms with van der Waals surface area (Å²) in [7, 11) is 0. The van der Waals surface area contributed by atoms with Gasteiger partial charge in [0.15, 0.2) is 0 Å². The van der Waals surface area contributed by atoms with E-state index in [9.17, 15) is 0 Å². The number of anilines is 5. The van der Waals surface area contributed by atoms with Crippen LogP contribution < -0.4 is 19.7 Å². The van der Waals surface area contributed by atoms with Gasteiger partial charge in [-0.25, -0.2) is 0 Å². The highest BCUT2D eigenvalue weighted by Gasteiger charge is 2.23. The van der Waals surface area contributed by atoms with Crippen molar-refractivity contribution >= 4 is 65.9 Å². The molecule has 97 heavy (non-hydrogen) atoms. The Morgan fingerprint density at radius 2 is 0.515 bits per heavy atom. The fourth-order valence-corrected chi connectivity index (χ4v) is 13.4. The number of para-hydroxylation sites is 2. The monoisotopic (exact) mass is 1310 g/mol. The fourth-order valence-electron chi connectivity index (χ4n) is 13.2. The molecule has 0 atom stereocenters. The fraction of sp³-hybridized carbons (Fsp3) is 0. The first-order chi connectivity index (χ1) is 48.0. The van der Waals surface area contributed by atoms with Gasteiger partial charge in [-0.3, -0.25) is 0 Å². The average Bonchev–Trinajstić information content (AvgIpc) is 0.762. The van der Waals surface area contributed by atoms with Gasteiger partial charge in [-0.05, 0) is 198 Å². The van der Waals surface area contributed by atoms with E-state index in [0.717, 1.165) is 67.0 Å². The Labute approximate surface area is 574 Å². The van der Waals surface area contributed by atoms with Crippen molar-refractivity contribution in [3.63, 3.8) is 0 Å². The van der Waals surface area contributed by atoms with Crippen molar-refractivity contribution in [1.82, 2.24) is 0 Å². The smallest absolute Gasteiger partial charge is 0.135 e. The maximum atomic E-state index is 6.32. The molecule has 18 rings (SSSR count). The molecular weight excluding hydrogens is 1240 g/mol. The van der Waals surface area contributed by atoms with Gasteiger partial charge >= 0.3 is 0 Å². The third kappa shape index (κ3) is 12.7. The van der Waals surface area contributed by atoms with Gasteiger partial charge in [-0.1, -0.05) is 283 Å². The molecule has 0 bridgehead atoms. The van der Waals surface area contributed by atoms with Gasteiger partial charge < -0.3 is 19.7 Å². The van der Waals surface area contributed by atoms with E-state index in [1.165, 1.54) is 99.4 Å². The molecule has 2 aliphatic rings. The van der Waals surface area contributed by atoms with Crippen molar-refractivity contribution in [3.8, 4) is 112 Å². The zero-order valence-electron chi connectivity index (χ0n) is 52.9. The van der Waals surface area contributed by atoms with Gasteiger partial charge in [-0.2, -0.15) is 0 Å². The predicted octanol–water partition coefficient (Wildman–Crippen LogP) is 26.9. The van der Waals surface area contributed by atoms with Crippen LogP contribution in [0.4, 0.5) is 28.4 Å². The molecule has 16 aromatic rings. The highest BCUT2D eigenvalue weighted by atomic mass is 79.9. The molecule has 0 aromatic heterocycles. The molecular formula is C92H63BrN2O2. The van der Waals surface area contributed by atoms with Crippen LogP contribution in [-0.2, 0) is 0 Å². The summed E-state index contributed by atoms with van der Waals surface area (Å²) in [6.07, 6.45) is 0. The molecule has 16 aromatic carbocycles. The van der Waals surface area contributed by atoms with Crippen molar-refractivity contribution in [2.24, 2.45) is 0 Å². The zero-order chi connectivity index (χ0) is 64.9. The molecule has 0 unspecified atom stereocenters. The zero-order valence-corrected chi connectivity index (χ0v) is 54.5. The van der Waals surface area contributed by atoms with Crippen molar-refractivity contribution in [3.05, 3.63) is 381 Å². The largest absolute Gasteiger partial charge is 0.456 e. The van der Waals surface area contributed by atoms with Gasteiger partial charge in [-0.15, -0.1) is 0 Å². The number of benzene rings is 16. The second-order valence-corrected chi connectivity index (χ2v) is 25.1. The van der Waals surface area contributed by atoms with E-state index in [4.69, 9.17) is 9.47 Å². The van der Waals surface area contributed by atoms with E-state index in [2.05, 4.69) is 366 Å². The van der Waals surface area contributed by atoms with Crippen molar-refractivity contribution < 1.29 is 9.47 Å². The van der Waals surface area contributed by atoms with Gasteiger partial charge in [0.1, 0.15) is 23.0 Å². The average molecular weight is 1310 g/mol. The van der Waals surface area contributed by atoms with E-state index in [1.807, 2.05) is 36.4 Å². The van der Waals surface area contributed by atoms with Crippen LogP contribution >= 0.6 is 15.9 Å². The number of rotatable bonds is 11. The second-order valence-electron chi connectivity index (χ2n) is 24.2. The third-order valence-corrected chi connectivity index (χ3v) is 18.6. The molecule has 0 amide bonds. The lowest BCUT2D eigenvalue weighted by atomic mass is 9.92. The number of hydrogen-bond donors (Lipinski definition) is 1. The molecule has 4 nitrogen and oxygen atoms in total. The summed E-state index contributed by atoms with van der Waals surface area (Å²) in [5.74, 6) is 3.67. The maximum absolute atomic E-state index is 6.32. The highest BCUT2D eigenvalue weighted by molar-refractivity contribution is 9.10. The summed E-state index contributed by atoms with van der Waals surface area (Å²) < 4.78 is 13.6. The Hall–Kier alpha value is -12.3. The van der Waals surface area contributed by atoms with Crippen LogP contribution in [0.5, 0.6) is 23.0 Å². The Bertz CT molecular complexity index is 5410. The first-order valence-corrected chi connectivity index (χ1v) is 33.5. The summed E-state index contributed by atoms with van der Waals surface area (Å²) in [5, 5.41) is 8.16. The predicted molar refractivity (Wildman–Crippen MR) is 410 cm³/mol. The number of nitrogens with one attached hydrogen (secondary N) is 1. The number of hydrogen-bond acceptors (Lipinski definition) is 4. The van der Waals surface area contributed by atoms with Gasteiger partial charge in [0.2, 0.25) is 0 Å². The van der Waals surface area contributed by atoms with E-state index in [0.29, 0.717) is 0 Å². The second kappa shape index (κ2) is 27.0. The van der Waals surface area contributed by atoms with E-state index in [-0.39, 0.29) is 0 Å². The van der Waals surface area contributed by atoms with Crippen LogP contribution in [-0.4, -0.2) is 0 Å². The van der Waals surface area contributed by atoms with Crippen LogP contribution in [0.15, 0.2) is 381 Å². The first kappa shape index (κ1) is 59.7. The molecule has 0 spiro atoms. The number of ether oxygens (including phenoxy) is 2. The molecule has 2 aliphatic heterocycles. The van der Waals surface area contributed by atoms with Crippen molar-refractivity contribution in [1.29, 1.82) is 0 Å². The summed E-state index contributed by atoms with van der Waals surface area (Å²) >= 11 is 3.50. The minimum atomic E-state index is 0.901. The highest BCUT2D eigenvalue weighted by Crippen LogP contribution is 2.50. The Balaban J connectivity index is 0.000000127. The minimum absolute atomic E-state index is 0.901. The summed E-state index contributed by atoms with van der Waals surface area (Å²) in [6, 6.07) is 132. The summed E-state index contributed by atoms with van der Waals surface area (Å²) in [5.41, 5.74) is 24.7. The third-order valence-electron chi connectivity index (χ3n) is 18.1. The minimum Gasteiger partial charge on any atom is -0.456 e. The van der Waals surface area contributed by atoms with E-state index in [1.54, 1.807) is 0 Å². The van der Waals surface area contributed by atoms with E-state index >= 15 is 0 Å². The Morgan fingerprint density at radius 3 is 0.928 bits per heavy atom. The molecule has 2 heterocycles. The number of halogens is 1. The lowest BCUT2D eigenvalue weighted by Gasteiger charge is -2.26. The SMILES string of the molecule is Brc1ccc(-c2ccc(-c3ccc4c(c3)-c3cccc5cccc(c35)O4)cc2)cc1.c1ccc(-c2ccc(N(c3ccccc3)c3ccc(-c4ccc(-c5ccc6c(c5)-c5cccc7cccc(c57)O6)cc4)cc3)cc2)cc1.c1ccc(Nc2ccc(-c3ccccc3)cc2)cc1. The number of nitrogens with zero attached hydrogens (tertiary/aromatic N) is 1.